The lowest BCUT2D eigenvalue weighted by atomic mass is 10.3. The fraction of sp³-hybridized carbons (Fsp3) is 0.333. The molecule has 0 spiro atoms. The minimum absolute atomic E-state index is 0.105. The third kappa shape index (κ3) is 7.41. The Hall–Kier alpha value is -1.65. The summed E-state index contributed by atoms with van der Waals surface area (Å²) < 4.78 is 6.22. The van der Waals surface area contributed by atoms with E-state index in [2.05, 4.69) is 41.5 Å². The van der Waals surface area contributed by atoms with Gasteiger partial charge in [0, 0.05) is 23.1 Å². The summed E-state index contributed by atoms with van der Waals surface area (Å²) in [4.78, 5) is 22.7. The number of carbonyl (C=O) groups excluding carboxylic acids is 2. The van der Waals surface area contributed by atoms with Crippen molar-refractivity contribution in [3.8, 4) is 0 Å². The van der Waals surface area contributed by atoms with Crippen molar-refractivity contribution in [1.82, 2.24) is 15.5 Å². The van der Waals surface area contributed by atoms with Crippen LogP contribution in [-0.4, -0.2) is 41.5 Å². The number of halogens is 1. The van der Waals surface area contributed by atoms with Crippen LogP contribution in [0.1, 0.15) is 12.8 Å². The molecule has 134 valence electrons. The molecule has 25 heavy (non-hydrogen) atoms. The first-order chi connectivity index (χ1) is 12.1. The number of methoxy groups -OCH3 is 1. The molecule has 2 aromatic rings. The number of hydrogen-bond acceptors (Lipinski definition) is 8. The van der Waals surface area contributed by atoms with Gasteiger partial charge in [0.15, 0.2) is 4.34 Å². The number of esters is 1. The number of nitrogens with zero attached hydrogens (tertiary/aromatic N) is 2. The van der Waals surface area contributed by atoms with Gasteiger partial charge in [0.1, 0.15) is 0 Å². The number of aromatic nitrogens is 2. The number of nitrogens with one attached hydrogen (secondary N) is 2. The summed E-state index contributed by atoms with van der Waals surface area (Å²) in [6.45, 7) is 0.445. The third-order valence-corrected chi connectivity index (χ3v) is 5.38. The number of hydrogen-bond donors (Lipinski definition) is 2. The van der Waals surface area contributed by atoms with E-state index in [9.17, 15) is 9.59 Å². The first-order valence-electron chi connectivity index (χ1n) is 7.39. The van der Waals surface area contributed by atoms with E-state index in [1.165, 1.54) is 30.2 Å². The summed E-state index contributed by atoms with van der Waals surface area (Å²) in [5, 5.41) is 14.7. The van der Waals surface area contributed by atoms with Crippen molar-refractivity contribution in [3.63, 3.8) is 0 Å². The van der Waals surface area contributed by atoms with Gasteiger partial charge in [-0.05, 0) is 24.6 Å². The fourth-order valence-corrected chi connectivity index (χ4v) is 3.75. The molecule has 0 aliphatic rings. The van der Waals surface area contributed by atoms with Crippen molar-refractivity contribution >= 4 is 61.7 Å². The number of thioether (sulfide) groups is 1. The number of benzene rings is 1. The summed E-state index contributed by atoms with van der Waals surface area (Å²) in [6, 6.07) is 7.74. The van der Waals surface area contributed by atoms with Gasteiger partial charge in [-0.25, -0.2) is 0 Å². The van der Waals surface area contributed by atoms with Gasteiger partial charge < -0.3 is 15.4 Å². The molecule has 0 atom stereocenters. The summed E-state index contributed by atoms with van der Waals surface area (Å²) >= 11 is 6.12. The minimum Gasteiger partial charge on any atom is -0.469 e. The average Bonchev–Trinajstić information content (AvgIpc) is 3.04. The highest BCUT2D eigenvalue weighted by atomic mass is 79.9. The summed E-state index contributed by atoms with van der Waals surface area (Å²) in [5.74, 6) is -0.126. The van der Waals surface area contributed by atoms with Crippen molar-refractivity contribution in [2.75, 3.05) is 24.7 Å². The fourth-order valence-electron chi connectivity index (χ4n) is 1.75. The monoisotopic (exact) mass is 444 g/mol. The van der Waals surface area contributed by atoms with Gasteiger partial charge in [0.2, 0.25) is 11.0 Å². The zero-order chi connectivity index (χ0) is 18.1. The molecule has 2 rings (SSSR count). The lowest BCUT2D eigenvalue weighted by Crippen LogP contribution is -2.26. The van der Waals surface area contributed by atoms with Crippen LogP contribution in [0.3, 0.4) is 0 Å². The van der Waals surface area contributed by atoms with Crippen LogP contribution in [0.15, 0.2) is 33.1 Å². The minimum atomic E-state index is -0.275. The average molecular weight is 445 g/mol. The predicted molar refractivity (Wildman–Crippen MR) is 102 cm³/mol. The predicted octanol–water partition coefficient (Wildman–Crippen LogP) is 3.21. The second-order valence-electron chi connectivity index (χ2n) is 4.83. The van der Waals surface area contributed by atoms with E-state index < -0.39 is 0 Å². The van der Waals surface area contributed by atoms with Gasteiger partial charge in [-0.15, -0.1) is 10.2 Å². The van der Waals surface area contributed by atoms with Crippen LogP contribution in [-0.2, 0) is 14.3 Å². The maximum Gasteiger partial charge on any atom is 0.305 e. The molecule has 0 aliphatic heterocycles. The van der Waals surface area contributed by atoms with E-state index in [1.54, 1.807) is 0 Å². The Bertz CT molecular complexity index is 726. The molecule has 1 amide bonds. The Labute approximate surface area is 162 Å². The van der Waals surface area contributed by atoms with Crippen molar-refractivity contribution in [3.05, 3.63) is 28.7 Å². The van der Waals surface area contributed by atoms with Crippen molar-refractivity contribution < 1.29 is 14.3 Å². The Kier molecular flexibility index (Phi) is 8.16. The van der Waals surface area contributed by atoms with Crippen LogP contribution in [0.2, 0.25) is 0 Å². The second-order valence-corrected chi connectivity index (χ2v) is 7.94. The zero-order valence-electron chi connectivity index (χ0n) is 13.5. The van der Waals surface area contributed by atoms with E-state index in [4.69, 9.17) is 0 Å². The van der Waals surface area contributed by atoms with Gasteiger partial charge in [-0.2, -0.15) is 0 Å². The molecule has 7 nitrogen and oxygen atoms in total. The van der Waals surface area contributed by atoms with Crippen LogP contribution in [0, 0.1) is 0 Å². The van der Waals surface area contributed by atoms with Crippen molar-refractivity contribution in [2.24, 2.45) is 0 Å². The molecule has 1 heterocycles. The first-order valence-corrected chi connectivity index (χ1v) is 9.98. The number of rotatable bonds is 9. The lowest BCUT2D eigenvalue weighted by molar-refractivity contribution is -0.140. The van der Waals surface area contributed by atoms with Crippen LogP contribution in [0.4, 0.5) is 10.8 Å². The zero-order valence-corrected chi connectivity index (χ0v) is 16.7. The normalized spacial score (nSPS) is 10.3. The second kappa shape index (κ2) is 10.4. The number of anilines is 2. The maximum atomic E-state index is 11.8. The van der Waals surface area contributed by atoms with Gasteiger partial charge in [0.25, 0.3) is 0 Å². The molecule has 0 unspecified atom stereocenters. The maximum absolute atomic E-state index is 11.8. The van der Waals surface area contributed by atoms with E-state index in [0.717, 1.165) is 10.2 Å². The summed E-state index contributed by atoms with van der Waals surface area (Å²) in [6.07, 6.45) is 0.855. The lowest BCUT2D eigenvalue weighted by Gasteiger charge is -2.03. The summed E-state index contributed by atoms with van der Waals surface area (Å²) in [7, 11) is 1.35. The number of ether oxygens (including phenoxy) is 1. The standard InChI is InChI=1S/C15H17BrN4O3S2/c1-23-13(22)6-3-7-17-12(21)9-24-15-20-19-14(25-15)18-11-5-2-4-10(16)8-11/h2,4-5,8H,3,6-7,9H2,1H3,(H,17,21)(H,18,19). The Morgan fingerprint density at radius 1 is 1.36 bits per heavy atom. The van der Waals surface area contributed by atoms with Crippen LogP contribution in [0.25, 0.3) is 0 Å². The van der Waals surface area contributed by atoms with Crippen molar-refractivity contribution in [2.45, 2.75) is 17.2 Å². The molecular formula is C15H17BrN4O3S2. The van der Waals surface area contributed by atoms with E-state index in [0.29, 0.717) is 28.9 Å². The van der Waals surface area contributed by atoms with Crippen LogP contribution >= 0.6 is 39.0 Å². The van der Waals surface area contributed by atoms with E-state index in [-0.39, 0.29) is 17.6 Å². The number of carbonyl (C=O) groups is 2. The quantitative estimate of drug-likeness (QED) is 0.348. The largest absolute Gasteiger partial charge is 0.469 e. The molecule has 0 fully saturated rings. The molecule has 2 N–H and O–H groups in total. The van der Waals surface area contributed by atoms with Crippen LogP contribution in [0.5, 0.6) is 0 Å². The SMILES string of the molecule is COC(=O)CCCNC(=O)CSc1nnc(Nc2cccc(Br)c2)s1. The molecule has 0 aliphatic carbocycles. The first kappa shape index (κ1) is 19.7. The molecule has 0 saturated carbocycles. The Balaban J connectivity index is 1.70. The van der Waals surface area contributed by atoms with E-state index in [1.807, 2.05) is 24.3 Å². The highest BCUT2D eigenvalue weighted by Gasteiger charge is 2.09. The molecule has 10 heteroatoms. The van der Waals surface area contributed by atoms with Crippen molar-refractivity contribution in [1.29, 1.82) is 0 Å². The molecule has 0 radical (unpaired) electrons. The Morgan fingerprint density at radius 3 is 2.96 bits per heavy atom. The topological polar surface area (TPSA) is 93.2 Å². The highest BCUT2D eigenvalue weighted by Crippen LogP contribution is 2.28. The van der Waals surface area contributed by atoms with Crippen LogP contribution < -0.4 is 10.6 Å². The third-order valence-electron chi connectivity index (χ3n) is 2.92. The van der Waals surface area contributed by atoms with Gasteiger partial charge in [-0.1, -0.05) is 45.1 Å². The summed E-state index contributed by atoms with van der Waals surface area (Å²) in [5.41, 5.74) is 0.908. The smallest absolute Gasteiger partial charge is 0.305 e. The number of amides is 1. The molecule has 1 aromatic heterocycles. The highest BCUT2D eigenvalue weighted by molar-refractivity contribution is 9.10. The Morgan fingerprint density at radius 2 is 2.20 bits per heavy atom. The van der Waals surface area contributed by atoms with E-state index >= 15 is 0 Å². The molecular weight excluding hydrogens is 428 g/mol. The molecule has 1 aromatic carbocycles. The van der Waals surface area contributed by atoms with Gasteiger partial charge in [-0.3, -0.25) is 9.59 Å². The van der Waals surface area contributed by atoms with Gasteiger partial charge in [0.05, 0.1) is 12.9 Å². The van der Waals surface area contributed by atoms with Gasteiger partial charge >= 0.3 is 5.97 Å². The molecule has 0 bridgehead atoms. The molecule has 0 saturated heterocycles.